The Labute approximate surface area is 116 Å². The van der Waals surface area contributed by atoms with Gasteiger partial charge in [-0.3, -0.25) is 4.39 Å². The van der Waals surface area contributed by atoms with Crippen molar-refractivity contribution in [1.82, 2.24) is 0 Å². The maximum atomic E-state index is 12.5. The second-order valence-corrected chi connectivity index (χ2v) is 3.92. The maximum absolute atomic E-state index is 12.5. The summed E-state index contributed by atoms with van der Waals surface area (Å²) >= 11 is 0. The molecule has 0 unspecified atom stereocenters. The molecule has 1 rings (SSSR count). The molecule has 0 heterocycles. The Morgan fingerprint density at radius 2 is 1.30 bits per heavy atom. The topological polar surface area (TPSA) is 26.0 Å². The molecule has 0 radical (unpaired) electrons. The van der Waals surface area contributed by atoms with Gasteiger partial charge in [0.05, 0.1) is 17.8 Å². The van der Waals surface area contributed by atoms with Gasteiger partial charge >= 0.3 is 12.4 Å². The van der Waals surface area contributed by atoms with E-state index in [2.05, 4.69) is 0 Å². The van der Waals surface area contributed by atoms with Crippen LogP contribution in [0.1, 0.15) is 29.2 Å². The van der Waals surface area contributed by atoms with Gasteiger partial charge in [0, 0.05) is 6.04 Å². The van der Waals surface area contributed by atoms with Crippen LogP contribution in [-0.4, -0.2) is 6.67 Å². The summed E-state index contributed by atoms with van der Waals surface area (Å²) in [6.07, 6.45) is -10.2. The van der Waals surface area contributed by atoms with Crippen LogP contribution in [0.5, 0.6) is 0 Å². The third-order valence-corrected chi connectivity index (χ3v) is 2.46. The molecule has 1 aromatic rings. The van der Waals surface area contributed by atoms with Crippen LogP contribution in [0, 0.1) is 0 Å². The molecule has 20 heavy (non-hydrogen) atoms. The molecular weight excluding hydrogens is 315 g/mol. The Morgan fingerprint density at radius 3 is 1.60 bits per heavy atom. The first-order chi connectivity index (χ1) is 8.55. The van der Waals surface area contributed by atoms with Gasteiger partial charge < -0.3 is 5.73 Å². The van der Waals surface area contributed by atoms with Crippen molar-refractivity contribution in [3.63, 3.8) is 0 Å². The summed E-state index contributed by atoms with van der Waals surface area (Å²) < 4.78 is 87.1. The van der Waals surface area contributed by atoms with Gasteiger partial charge in [0.2, 0.25) is 0 Å². The van der Waals surface area contributed by atoms with E-state index in [1.807, 2.05) is 0 Å². The minimum Gasteiger partial charge on any atom is -0.324 e. The van der Waals surface area contributed by atoms with E-state index in [1.54, 1.807) is 0 Å². The molecule has 0 aliphatic carbocycles. The number of nitrogens with two attached hydrogens (primary N) is 1. The first kappa shape index (κ1) is 19.0. The molecule has 0 aromatic heterocycles. The van der Waals surface area contributed by atoms with Gasteiger partial charge in [-0.1, -0.05) is 0 Å². The highest BCUT2D eigenvalue weighted by Gasteiger charge is 2.37. The Bertz CT molecular complexity index is 409. The summed E-state index contributed by atoms with van der Waals surface area (Å²) in [5.41, 5.74) is 2.06. The van der Waals surface area contributed by atoms with Crippen molar-refractivity contribution in [1.29, 1.82) is 0 Å². The number of rotatable bonds is 3. The van der Waals surface area contributed by atoms with E-state index in [4.69, 9.17) is 5.73 Å². The van der Waals surface area contributed by atoms with Gasteiger partial charge in [0.1, 0.15) is 0 Å². The van der Waals surface area contributed by atoms with Gasteiger partial charge in [-0.15, -0.1) is 12.4 Å². The molecule has 0 aliphatic heterocycles. The van der Waals surface area contributed by atoms with Gasteiger partial charge in [0.15, 0.2) is 0 Å². The molecule has 0 aliphatic rings. The Balaban J connectivity index is 0.00000361. The van der Waals surface area contributed by atoms with Crippen LogP contribution >= 0.6 is 12.4 Å². The Kier molecular flexibility index (Phi) is 6.28. The lowest BCUT2D eigenvalue weighted by Crippen LogP contribution is -2.16. The molecule has 2 N–H and O–H groups in total. The zero-order chi connectivity index (χ0) is 14.8. The van der Waals surface area contributed by atoms with Crippen LogP contribution in [-0.2, 0) is 12.4 Å². The van der Waals surface area contributed by atoms with Crippen molar-refractivity contribution in [2.24, 2.45) is 5.73 Å². The normalized spacial score (nSPS) is 13.8. The molecule has 0 fully saturated rings. The maximum Gasteiger partial charge on any atom is 0.416 e. The second-order valence-electron chi connectivity index (χ2n) is 3.92. The zero-order valence-electron chi connectivity index (χ0n) is 9.85. The summed E-state index contributed by atoms with van der Waals surface area (Å²) in [6, 6.07) is -0.190. The molecule has 1 aromatic carbocycles. The van der Waals surface area contributed by atoms with Crippen molar-refractivity contribution in [2.75, 3.05) is 6.67 Å². The lowest BCUT2D eigenvalue weighted by molar-refractivity contribution is -0.143. The summed E-state index contributed by atoms with van der Waals surface area (Å²) in [5, 5.41) is 0. The largest absolute Gasteiger partial charge is 0.416 e. The Hall–Kier alpha value is -1.02. The third kappa shape index (κ3) is 4.82. The average Bonchev–Trinajstić information content (AvgIpc) is 2.26. The number of benzene rings is 1. The van der Waals surface area contributed by atoms with Gasteiger partial charge in [-0.05, 0) is 30.2 Å². The van der Waals surface area contributed by atoms with Crippen LogP contribution in [0.2, 0.25) is 0 Å². The minimum atomic E-state index is -4.93. The summed E-state index contributed by atoms with van der Waals surface area (Å²) in [5.74, 6) is 0. The molecule has 0 amide bonds. The van der Waals surface area contributed by atoms with Crippen LogP contribution in [0.4, 0.5) is 30.7 Å². The van der Waals surface area contributed by atoms with Crippen molar-refractivity contribution >= 4 is 12.4 Å². The van der Waals surface area contributed by atoms with Crippen molar-refractivity contribution < 1.29 is 30.7 Å². The predicted molar refractivity (Wildman–Crippen MR) is 61.2 cm³/mol. The molecule has 0 saturated heterocycles. The lowest BCUT2D eigenvalue weighted by Gasteiger charge is -2.17. The van der Waals surface area contributed by atoms with E-state index in [-0.39, 0.29) is 30.5 Å². The number of alkyl halides is 7. The van der Waals surface area contributed by atoms with E-state index >= 15 is 0 Å². The number of hydrogen-bond donors (Lipinski definition) is 1. The van der Waals surface area contributed by atoms with Crippen LogP contribution < -0.4 is 5.73 Å². The summed E-state index contributed by atoms with van der Waals surface area (Å²) in [7, 11) is 0. The highest BCUT2D eigenvalue weighted by molar-refractivity contribution is 5.85. The standard InChI is InChI=1S/C11H10F7N.ClH/c12-2-1-9(19)6-3-7(10(13,14)15)5-8(4-6)11(16,17)18;/h3-5,9H,1-2,19H2;1H/t9-;/m1./s1. The number of halogens is 8. The number of hydrogen-bond acceptors (Lipinski definition) is 1. The van der Waals surface area contributed by atoms with Crippen molar-refractivity contribution in [3.05, 3.63) is 34.9 Å². The fourth-order valence-corrected chi connectivity index (χ4v) is 1.48. The highest BCUT2D eigenvalue weighted by atomic mass is 35.5. The monoisotopic (exact) mass is 325 g/mol. The smallest absolute Gasteiger partial charge is 0.324 e. The Morgan fingerprint density at radius 1 is 0.900 bits per heavy atom. The first-order valence-corrected chi connectivity index (χ1v) is 5.16. The molecule has 9 heteroatoms. The van der Waals surface area contributed by atoms with Crippen LogP contribution in [0.3, 0.4) is 0 Å². The lowest BCUT2D eigenvalue weighted by atomic mass is 9.98. The van der Waals surface area contributed by atoms with Gasteiger partial charge in [-0.25, -0.2) is 0 Å². The molecule has 1 atom stereocenters. The van der Waals surface area contributed by atoms with Gasteiger partial charge in [-0.2, -0.15) is 26.3 Å². The molecule has 116 valence electrons. The van der Waals surface area contributed by atoms with E-state index in [1.165, 1.54) is 0 Å². The van der Waals surface area contributed by atoms with Crippen LogP contribution in [0.15, 0.2) is 18.2 Å². The zero-order valence-corrected chi connectivity index (χ0v) is 10.7. The van der Waals surface area contributed by atoms with Crippen LogP contribution in [0.25, 0.3) is 0 Å². The minimum absolute atomic E-state index is 0. The molecule has 1 nitrogen and oxygen atoms in total. The fraction of sp³-hybridized carbons (Fsp3) is 0.455. The molecule has 0 spiro atoms. The quantitative estimate of drug-likeness (QED) is 0.813. The van der Waals surface area contributed by atoms with E-state index in [0.29, 0.717) is 12.1 Å². The van der Waals surface area contributed by atoms with E-state index < -0.39 is 36.2 Å². The third-order valence-electron chi connectivity index (χ3n) is 2.46. The van der Waals surface area contributed by atoms with E-state index in [0.717, 1.165) is 0 Å². The van der Waals surface area contributed by atoms with Gasteiger partial charge in [0.25, 0.3) is 0 Å². The fourth-order valence-electron chi connectivity index (χ4n) is 1.48. The second kappa shape index (κ2) is 6.62. The highest BCUT2D eigenvalue weighted by Crippen LogP contribution is 2.37. The predicted octanol–water partition coefficient (Wildman–Crippen LogP) is 4.51. The summed E-state index contributed by atoms with van der Waals surface area (Å²) in [6.45, 7) is -0.932. The van der Waals surface area contributed by atoms with Crippen molar-refractivity contribution in [2.45, 2.75) is 24.8 Å². The molecule has 0 bridgehead atoms. The molecule has 0 saturated carbocycles. The first-order valence-electron chi connectivity index (χ1n) is 5.16. The van der Waals surface area contributed by atoms with E-state index in [9.17, 15) is 30.7 Å². The van der Waals surface area contributed by atoms with Crippen molar-refractivity contribution in [3.8, 4) is 0 Å². The summed E-state index contributed by atoms with van der Waals surface area (Å²) in [4.78, 5) is 0. The SMILES string of the molecule is Cl.N[C@H](CCF)c1cc(C(F)(F)F)cc(C(F)(F)F)c1. The average molecular weight is 326 g/mol. The molecular formula is C11H11ClF7N.